The first-order chi connectivity index (χ1) is 5.75. The highest BCUT2D eigenvalue weighted by Crippen LogP contribution is 2.07. The van der Waals surface area contributed by atoms with Gasteiger partial charge in [0.05, 0.1) is 0 Å². The van der Waals surface area contributed by atoms with Crippen LogP contribution in [0.5, 0.6) is 0 Å². The van der Waals surface area contributed by atoms with Crippen molar-refractivity contribution < 1.29 is 6.85 Å². The van der Waals surface area contributed by atoms with E-state index in [0.29, 0.717) is 4.47 Å². The first kappa shape index (κ1) is 2.18. The average molecular weight is 179 g/mol. The second-order valence-electron chi connectivity index (χ2n) is 1.35. The molecule has 0 aliphatic heterocycles. The SMILES string of the molecule is [2H]C([2H])([2H])C([2H])([2H])n1ccc(Br)c1. The van der Waals surface area contributed by atoms with Gasteiger partial charge in [-0.05, 0) is 28.8 Å². The van der Waals surface area contributed by atoms with Crippen LogP contribution in [-0.4, -0.2) is 4.57 Å². The van der Waals surface area contributed by atoms with Crippen LogP contribution in [0.25, 0.3) is 0 Å². The van der Waals surface area contributed by atoms with Gasteiger partial charge in [-0.25, -0.2) is 0 Å². The van der Waals surface area contributed by atoms with Crippen molar-refractivity contribution in [3.63, 3.8) is 0 Å². The molecule has 0 saturated carbocycles. The van der Waals surface area contributed by atoms with E-state index in [9.17, 15) is 0 Å². The molecule has 0 radical (unpaired) electrons. The minimum Gasteiger partial charge on any atom is -0.353 e. The summed E-state index contributed by atoms with van der Waals surface area (Å²) < 4.78 is 37.5. The summed E-state index contributed by atoms with van der Waals surface area (Å²) in [7, 11) is 0. The number of aryl methyl sites for hydroxylation is 1. The zero-order valence-corrected chi connectivity index (χ0v) is 5.64. The molecule has 8 heavy (non-hydrogen) atoms. The number of rotatable bonds is 1. The fourth-order valence-electron chi connectivity index (χ4n) is 0.440. The van der Waals surface area contributed by atoms with Crippen LogP contribution in [0.1, 0.15) is 13.7 Å². The average Bonchev–Trinajstić information content (AvgIpc) is 2.33. The molecule has 44 valence electrons. The summed E-state index contributed by atoms with van der Waals surface area (Å²) in [5, 5.41) is 0. The minimum absolute atomic E-state index is 0.653. The molecule has 2 heteroatoms. The number of hydrogen-bond acceptors (Lipinski definition) is 0. The third-order valence-corrected chi connectivity index (χ3v) is 1.25. The van der Waals surface area contributed by atoms with Crippen LogP contribution in [0, 0.1) is 0 Å². The van der Waals surface area contributed by atoms with E-state index in [4.69, 9.17) is 6.85 Å². The molecule has 0 spiro atoms. The maximum Gasteiger partial charge on any atom is 0.0494 e. The van der Waals surface area contributed by atoms with Gasteiger partial charge >= 0.3 is 0 Å². The van der Waals surface area contributed by atoms with Gasteiger partial charge in [0, 0.05) is 30.2 Å². The molecule has 0 unspecified atom stereocenters. The number of aromatic nitrogens is 1. The molecule has 0 fully saturated rings. The third-order valence-electron chi connectivity index (χ3n) is 0.786. The predicted octanol–water partition coefficient (Wildman–Crippen LogP) is 2.27. The van der Waals surface area contributed by atoms with Gasteiger partial charge in [0.25, 0.3) is 0 Å². The van der Waals surface area contributed by atoms with E-state index in [1.54, 1.807) is 6.07 Å². The standard InChI is InChI=1S/C6H8BrN/c1-2-8-4-3-6(7)5-8/h3-5H,2H2,1H3/i1D3,2D2. The van der Waals surface area contributed by atoms with Gasteiger partial charge in [-0.2, -0.15) is 0 Å². The highest BCUT2D eigenvalue weighted by Gasteiger charge is 1.86. The molecule has 1 rings (SSSR count). The number of nitrogens with zero attached hydrogens (tertiary/aromatic N) is 1. The smallest absolute Gasteiger partial charge is 0.0494 e. The van der Waals surface area contributed by atoms with E-state index in [0.717, 1.165) is 4.57 Å². The Morgan fingerprint density at radius 1 is 2.12 bits per heavy atom. The van der Waals surface area contributed by atoms with Gasteiger partial charge < -0.3 is 4.57 Å². The molecule has 0 atom stereocenters. The normalized spacial score (nSPS) is 22.4. The first-order valence-corrected chi connectivity index (χ1v) is 2.88. The van der Waals surface area contributed by atoms with Crippen molar-refractivity contribution in [1.29, 1.82) is 0 Å². The van der Waals surface area contributed by atoms with Crippen LogP contribution in [0.2, 0.25) is 0 Å². The van der Waals surface area contributed by atoms with E-state index in [1.165, 1.54) is 12.4 Å². The van der Waals surface area contributed by atoms with E-state index < -0.39 is 13.3 Å². The van der Waals surface area contributed by atoms with Crippen molar-refractivity contribution in [2.75, 3.05) is 0 Å². The Bertz CT molecular complexity index is 302. The largest absolute Gasteiger partial charge is 0.353 e. The lowest BCUT2D eigenvalue weighted by Crippen LogP contribution is -1.85. The zero-order chi connectivity index (χ0) is 10.3. The van der Waals surface area contributed by atoms with Gasteiger partial charge in [-0.1, -0.05) is 0 Å². The van der Waals surface area contributed by atoms with Crippen molar-refractivity contribution in [2.24, 2.45) is 0 Å². The highest BCUT2D eigenvalue weighted by molar-refractivity contribution is 9.10. The van der Waals surface area contributed by atoms with Crippen LogP contribution in [0.4, 0.5) is 0 Å². The van der Waals surface area contributed by atoms with Crippen LogP contribution < -0.4 is 0 Å². The van der Waals surface area contributed by atoms with Gasteiger partial charge in [0.2, 0.25) is 0 Å². The summed E-state index contributed by atoms with van der Waals surface area (Å²) in [5.74, 6) is 0. The van der Waals surface area contributed by atoms with E-state index in [2.05, 4.69) is 15.9 Å². The molecule has 0 aliphatic carbocycles. The fourth-order valence-corrected chi connectivity index (χ4v) is 0.779. The Balaban J connectivity index is 3.07. The minimum atomic E-state index is -2.66. The molecule has 1 aromatic rings. The molecular formula is C6H8BrN. The van der Waals surface area contributed by atoms with Gasteiger partial charge in [0.1, 0.15) is 0 Å². The quantitative estimate of drug-likeness (QED) is 0.623. The molecule has 0 amide bonds. The fraction of sp³-hybridized carbons (Fsp3) is 0.333. The van der Waals surface area contributed by atoms with Crippen molar-refractivity contribution in [2.45, 2.75) is 13.3 Å². The van der Waals surface area contributed by atoms with Crippen LogP contribution in [0.3, 0.4) is 0 Å². The molecular weight excluding hydrogens is 166 g/mol. The van der Waals surface area contributed by atoms with Crippen molar-refractivity contribution in [3.05, 3.63) is 22.9 Å². The lowest BCUT2D eigenvalue weighted by Gasteiger charge is -1.90. The summed E-state index contributed by atoms with van der Waals surface area (Å²) in [6, 6.07) is 1.59. The third kappa shape index (κ3) is 1.13. The molecule has 0 N–H and O–H groups in total. The zero-order valence-electron chi connectivity index (χ0n) is 9.06. The van der Waals surface area contributed by atoms with Gasteiger partial charge in [-0.3, -0.25) is 0 Å². The van der Waals surface area contributed by atoms with E-state index in [1.807, 2.05) is 0 Å². The van der Waals surface area contributed by atoms with Crippen molar-refractivity contribution >= 4 is 15.9 Å². The van der Waals surface area contributed by atoms with Gasteiger partial charge in [0.15, 0.2) is 0 Å². The summed E-state index contributed by atoms with van der Waals surface area (Å²) in [5.41, 5.74) is 0. The predicted molar refractivity (Wildman–Crippen MR) is 37.8 cm³/mol. The number of halogens is 1. The Hall–Kier alpha value is -0.240. The Kier molecular flexibility index (Phi) is 0.641. The van der Waals surface area contributed by atoms with E-state index in [-0.39, 0.29) is 0 Å². The molecule has 0 saturated heterocycles. The molecule has 0 bridgehead atoms. The van der Waals surface area contributed by atoms with Gasteiger partial charge in [-0.15, -0.1) is 0 Å². The monoisotopic (exact) mass is 178 g/mol. The Morgan fingerprint density at radius 3 is 3.50 bits per heavy atom. The topological polar surface area (TPSA) is 4.93 Å². The molecule has 1 aromatic heterocycles. The summed E-state index contributed by atoms with van der Waals surface area (Å²) in [6.45, 7) is -5.02. The molecule has 0 aromatic carbocycles. The second kappa shape index (κ2) is 2.35. The summed E-state index contributed by atoms with van der Waals surface area (Å²) >= 11 is 3.12. The molecule has 0 aliphatic rings. The van der Waals surface area contributed by atoms with E-state index >= 15 is 0 Å². The Morgan fingerprint density at radius 2 is 3.00 bits per heavy atom. The first-order valence-electron chi connectivity index (χ1n) is 4.59. The summed E-state index contributed by atoms with van der Waals surface area (Å²) in [6.07, 6.45) is 2.78. The van der Waals surface area contributed by atoms with Crippen molar-refractivity contribution in [3.8, 4) is 0 Å². The van der Waals surface area contributed by atoms with Crippen LogP contribution >= 0.6 is 15.9 Å². The maximum absolute atomic E-state index is 7.38. The maximum atomic E-state index is 7.38. The van der Waals surface area contributed by atoms with Crippen molar-refractivity contribution in [1.82, 2.24) is 4.57 Å². The van der Waals surface area contributed by atoms with Crippen LogP contribution in [-0.2, 0) is 6.50 Å². The molecule has 1 nitrogen and oxygen atoms in total. The lowest BCUT2D eigenvalue weighted by atomic mass is 10.7. The summed E-state index contributed by atoms with van der Waals surface area (Å²) in [4.78, 5) is 0. The Labute approximate surface area is 64.5 Å². The van der Waals surface area contributed by atoms with Crippen LogP contribution in [0.15, 0.2) is 22.9 Å². The number of hydrogen-bond donors (Lipinski definition) is 0. The highest BCUT2D eigenvalue weighted by atomic mass is 79.9. The molecule has 1 heterocycles. The second-order valence-corrected chi connectivity index (χ2v) is 2.26. The lowest BCUT2D eigenvalue weighted by molar-refractivity contribution is 0.768.